The summed E-state index contributed by atoms with van der Waals surface area (Å²) < 4.78 is 4.93. The highest BCUT2D eigenvalue weighted by atomic mass is 16.5. The number of allylic oxidation sites excluding steroid dienone is 1. The smallest absolute Gasteiger partial charge is 0.118 e. The maximum absolute atomic E-state index is 8.66. The third-order valence-electron chi connectivity index (χ3n) is 1.34. The standard InChI is InChI=1S/C8H10O2.C3H6/c1-10-8-4-2-7(6-9)3-5-8;1-3-2/h2-5,9H,6H2,1H3;3H,1H2,2H3. The molecule has 13 heavy (non-hydrogen) atoms. The Morgan fingerprint density at radius 2 is 1.85 bits per heavy atom. The van der Waals surface area contributed by atoms with Crippen molar-refractivity contribution in [2.75, 3.05) is 7.11 Å². The summed E-state index contributed by atoms with van der Waals surface area (Å²) in [5.74, 6) is 0.817. The Balaban J connectivity index is 0.000000424. The Labute approximate surface area is 79.5 Å². The summed E-state index contributed by atoms with van der Waals surface area (Å²) in [7, 11) is 1.62. The van der Waals surface area contributed by atoms with Crippen LogP contribution in [0, 0.1) is 0 Å². The van der Waals surface area contributed by atoms with Crippen LogP contribution in [-0.4, -0.2) is 12.2 Å². The van der Waals surface area contributed by atoms with E-state index in [1.165, 1.54) is 0 Å². The largest absolute Gasteiger partial charge is 0.497 e. The molecule has 0 aromatic heterocycles. The number of hydrogen-bond acceptors (Lipinski definition) is 2. The minimum Gasteiger partial charge on any atom is -0.497 e. The molecule has 0 aliphatic heterocycles. The zero-order chi connectivity index (χ0) is 10.1. The molecule has 0 atom stereocenters. The van der Waals surface area contributed by atoms with E-state index >= 15 is 0 Å². The SMILES string of the molecule is C=CC.COc1ccc(CO)cc1. The summed E-state index contributed by atoms with van der Waals surface area (Å²) >= 11 is 0. The molecule has 72 valence electrons. The number of hydrogen-bond donors (Lipinski definition) is 1. The Morgan fingerprint density at radius 3 is 2.15 bits per heavy atom. The molecule has 0 bridgehead atoms. The van der Waals surface area contributed by atoms with Crippen molar-refractivity contribution in [3.8, 4) is 5.75 Å². The lowest BCUT2D eigenvalue weighted by Crippen LogP contribution is -1.84. The first-order chi connectivity index (χ1) is 6.28. The van der Waals surface area contributed by atoms with Crippen LogP contribution in [0.3, 0.4) is 0 Å². The quantitative estimate of drug-likeness (QED) is 0.708. The van der Waals surface area contributed by atoms with Crippen molar-refractivity contribution in [2.24, 2.45) is 0 Å². The third-order valence-corrected chi connectivity index (χ3v) is 1.34. The van der Waals surface area contributed by atoms with Gasteiger partial charge in [0, 0.05) is 0 Å². The van der Waals surface area contributed by atoms with Gasteiger partial charge in [-0.15, -0.1) is 6.58 Å². The van der Waals surface area contributed by atoms with Crippen molar-refractivity contribution < 1.29 is 9.84 Å². The van der Waals surface area contributed by atoms with Crippen molar-refractivity contribution in [1.82, 2.24) is 0 Å². The summed E-state index contributed by atoms with van der Waals surface area (Å²) in [5.41, 5.74) is 0.904. The maximum atomic E-state index is 8.66. The van der Waals surface area contributed by atoms with E-state index in [0.717, 1.165) is 11.3 Å². The van der Waals surface area contributed by atoms with Gasteiger partial charge in [0.25, 0.3) is 0 Å². The molecule has 0 unspecified atom stereocenters. The van der Waals surface area contributed by atoms with Crippen LogP contribution < -0.4 is 4.74 Å². The summed E-state index contributed by atoms with van der Waals surface area (Å²) in [6.07, 6.45) is 1.75. The van der Waals surface area contributed by atoms with E-state index in [9.17, 15) is 0 Å². The summed E-state index contributed by atoms with van der Waals surface area (Å²) in [6, 6.07) is 7.31. The second-order valence-electron chi connectivity index (χ2n) is 2.41. The second-order valence-corrected chi connectivity index (χ2v) is 2.41. The zero-order valence-electron chi connectivity index (χ0n) is 8.16. The van der Waals surface area contributed by atoms with Gasteiger partial charge in [0.15, 0.2) is 0 Å². The zero-order valence-corrected chi connectivity index (χ0v) is 8.16. The van der Waals surface area contributed by atoms with Gasteiger partial charge in [0.1, 0.15) is 5.75 Å². The molecule has 0 fully saturated rings. The number of ether oxygens (including phenoxy) is 1. The lowest BCUT2D eigenvalue weighted by Gasteiger charge is -1.98. The summed E-state index contributed by atoms with van der Waals surface area (Å²) in [4.78, 5) is 0. The van der Waals surface area contributed by atoms with Crippen LogP contribution in [0.1, 0.15) is 12.5 Å². The third kappa shape index (κ3) is 5.04. The molecule has 1 N–H and O–H groups in total. The van der Waals surface area contributed by atoms with Crippen LogP contribution in [0.2, 0.25) is 0 Å². The van der Waals surface area contributed by atoms with Gasteiger partial charge in [-0.05, 0) is 24.6 Å². The van der Waals surface area contributed by atoms with E-state index in [2.05, 4.69) is 6.58 Å². The van der Waals surface area contributed by atoms with E-state index in [1.54, 1.807) is 13.2 Å². The predicted octanol–water partition coefficient (Wildman–Crippen LogP) is 2.38. The first-order valence-electron chi connectivity index (χ1n) is 4.09. The fourth-order valence-electron chi connectivity index (χ4n) is 0.731. The normalized spacial score (nSPS) is 8.23. The first kappa shape index (κ1) is 11.7. The first-order valence-corrected chi connectivity index (χ1v) is 4.09. The molecule has 0 heterocycles. The lowest BCUT2D eigenvalue weighted by molar-refractivity contribution is 0.281. The molecule has 0 radical (unpaired) electrons. The highest BCUT2D eigenvalue weighted by Crippen LogP contribution is 2.10. The van der Waals surface area contributed by atoms with Gasteiger partial charge in [-0.3, -0.25) is 0 Å². The molecule has 0 aliphatic rings. The average molecular weight is 180 g/mol. The molecule has 2 heteroatoms. The topological polar surface area (TPSA) is 29.5 Å². The molecule has 1 rings (SSSR count). The molecule has 1 aromatic carbocycles. The highest BCUT2D eigenvalue weighted by molar-refractivity contribution is 5.26. The van der Waals surface area contributed by atoms with Crippen molar-refractivity contribution in [2.45, 2.75) is 13.5 Å². The van der Waals surface area contributed by atoms with Crippen molar-refractivity contribution in [3.63, 3.8) is 0 Å². The second kappa shape index (κ2) is 7.37. The fourth-order valence-corrected chi connectivity index (χ4v) is 0.731. The number of methoxy groups -OCH3 is 1. The number of aliphatic hydroxyl groups excluding tert-OH is 1. The van der Waals surface area contributed by atoms with Gasteiger partial charge in [-0.25, -0.2) is 0 Å². The molecule has 0 saturated carbocycles. The minimum atomic E-state index is 0.0873. The maximum Gasteiger partial charge on any atom is 0.118 e. The predicted molar refractivity (Wildman–Crippen MR) is 54.8 cm³/mol. The molecular formula is C11H16O2. The van der Waals surface area contributed by atoms with Gasteiger partial charge < -0.3 is 9.84 Å². The summed E-state index contributed by atoms with van der Waals surface area (Å²) in [6.45, 7) is 5.34. The molecule has 0 amide bonds. The molecule has 1 aromatic rings. The number of aliphatic hydroxyl groups is 1. The Morgan fingerprint density at radius 1 is 1.38 bits per heavy atom. The van der Waals surface area contributed by atoms with E-state index < -0.39 is 0 Å². The Bertz CT molecular complexity index is 203. The van der Waals surface area contributed by atoms with Crippen LogP contribution >= 0.6 is 0 Å². The van der Waals surface area contributed by atoms with E-state index in [1.807, 2.05) is 31.2 Å². The van der Waals surface area contributed by atoms with Crippen LogP contribution in [0.15, 0.2) is 36.9 Å². The van der Waals surface area contributed by atoms with Gasteiger partial charge >= 0.3 is 0 Å². The van der Waals surface area contributed by atoms with Gasteiger partial charge in [-0.1, -0.05) is 18.2 Å². The molecule has 0 spiro atoms. The monoisotopic (exact) mass is 180 g/mol. The highest BCUT2D eigenvalue weighted by Gasteiger charge is 1.89. The van der Waals surface area contributed by atoms with Crippen LogP contribution in [0.5, 0.6) is 5.75 Å². The average Bonchev–Trinajstić information content (AvgIpc) is 2.19. The molecule has 2 nitrogen and oxygen atoms in total. The van der Waals surface area contributed by atoms with E-state index in [0.29, 0.717) is 0 Å². The Hall–Kier alpha value is -1.28. The molecular weight excluding hydrogens is 164 g/mol. The van der Waals surface area contributed by atoms with Gasteiger partial charge in [0.05, 0.1) is 13.7 Å². The van der Waals surface area contributed by atoms with Crippen LogP contribution in [0.4, 0.5) is 0 Å². The number of benzene rings is 1. The minimum absolute atomic E-state index is 0.0873. The van der Waals surface area contributed by atoms with E-state index in [-0.39, 0.29) is 6.61 Å². The van der Waals surface area contributed by atoms with Gasteiger partial charge in [-0.2, -0.15) is 0 Å². The summed E-state index contributed by atoms with van der Waals surface area (Å²) in [5, 5.41) is 8.66. The molecule has 0 aliphatic carbocycles. The van der Waals surface area contributed by atoms with Crippen molar-refractivity contribution >= 4 is 0 Å². The van der Waals surface area contributed by atoms with Gasteiger partial charge in [0.2, 0.25) is 0 Å². The lowest BCUT2D eigenvalue weighted by atomic mass is 10.2. The molecule has 0 saturated heterocycles. The van der Waals surface area contributed by atoms with Crippen molar-refractivity contribution in [3.05, 3.63) is 42.5 Å². The van der Waals surface area contributed by atoms with Crippen LogP contribution in [-0.2, 0) is 6.61 Å². The van der Waals surface area contributed by atoms with E-state index in [4.69, 9.17) is 9.84 Å². The number of rotatable bonds is 2. The van der Waals surface area contributed by atoms with Crippen LogP contribution in [0.25, 0.3) is 0 Å². The Kier molecular flexibility index (Phi) is 6.65. The fraction of sp³-hybridized carbons (Fsp3) is 0.273. The van der Waals surface area contributed by atoms with Crippen molar-refractivity contribution in [1.29, 1.82) is 0 Å².